The predicted molar refractivity (Wildman–Crippen MR) is 79.0 cm³/mol. The maximum absolute atomic E-state index is 11.9. The first-order valence-electron chi connectivity index (χ1n) is 7.42. The number of ether oxygens (including phenoxy) is 1. The molecule has 0 spiro atoms. The molecule has 1 saturated carbocycles. The van der Waals surface area contributed by atoms with Gasteiger partial charge in [-0.15, -0.1) is 0 Å². The lowest BCUT2D eigenvalue weighted by molar-refractivity contribution is -0.125. The largest absolute Gasteiger partial charge is 0.377 e. The maximum Gasteiger partial charge on any atom is 0.224 e. The third-order valence-electron chi connectivity index (χ3n) is 3.78. The van der Waals surface area contributed by atoms with Gasteiger partial charge in [-0.05, 0) is 24.8 Å². The van der Waals surface area contributed by atoms with Crippen LogP contribution in [0.4, 0.5) is 0 Å². The van der Waals surface area contributed by atoms with E-state index in [1.54, 1.807) is 0 Å². The van der Waals surface area contributed by atoms with Crippen molar-refractivity contribution in [2.24, 2.45) is 11.7 Å². The minimum Gasteiger partial charge on any atom is -0.377 e. The zero-order valence-corrected chi connectivity index (χ0v) is 11.9. The highest BCUT2D eigenvalue weighted by atomic mass is 16.5. The molecule has 20 heavy (non-hydrogen) atoms. The second kappa shape index (κ2) is 8.02. The Morgan fingerprint density at radius 3 is 2.80 bits per heavy atom. The molecular formula is C16H24N2O2. The van der Waals surface area contributed by atoms with Gasteiger partial charge in [0, 0.05) is 19.2 Å². The summed E-state index contributed by atoms with van der Waals surface area (Å²) in [6.07, 6.45) is 3.80. The summed E-state index contributed by atoms with van der Waals surface area (Å²) in [5.74, 6) is 0.123. The van der Waals surface area contributed by atoms with Crippen molar-refractivity contribution in [3.05, 3.63) is 35.9 Å². The Labute approximate surface area is 120 Å². The molecule has 0 radical (unpaired) electrons. The summed E-state index contributed by atoms with van der Waals surface area (Å²) in [6, 6.07) is 10.1. The first-order valence-corrected chi connectivity index (χ1v) is 7.42. The second-order valence-electron chi connectivity index (χ2n) is 5.38. The van der Waals surface area contributed by atoms with Gasteiger partial charge in [0.25, 0.3) is 0 Å². The summed E-state index contributed by atoms with van der Waals surface area (Å²) in [4.78, 5) is 11.9. The van der Waals surface area contributed by atoms with Crippen molar-refractivity contribution < 1.29 is 9.53 Å². The quantitative estimate of drug-likeness (QED) is 0.747. The third kappa shape index (κ3) is 4.62. The molecule has 2 atom stereocenters. The number of nitrogens with one attached hydrogen (secondary N) is 1. The average Bonchev–Trinajstić information content (AvgIpc) is 2.90. The molecule has 1 amide bonds. The molecule has 1 aromatic rings. The van der Waals surface area contributed by atoms with Gasteiger partial charge in [-0.3, -0.25) is 4.79 Å². The van der Waals surface area contributed by atoms with Crippen molar-refractivity contribution in [2.45, 2.75) is 38.3 Å². The first-order chi connectivity index (χ1) is 9.77. The van der Waals surface area contributed by atoms with Crippen molar-refractivity contribution in [3.63, 3.8) is 0 Å². The molecule has 1 fully saturated rings. The van der Waals surface area contributed by atoms with E-state index >= 15 is 0 Å². The summed E-state index contributed by atoms with van der Waals surface area (Å²) in [5, 5.41) is 2.95. The summed E-state index contributed by atoms with van der Waals surface area (Å²) in [5.41, 5.74) is 7.09. The van der Waals surface area contributed by atoms with Crippen LogP contribution < -0.4 is 11.1 Å². The Morgan fingerprint density at radius 1 is 1.30 bits per heavy atom. The number of amides is 1. The topological polar surface area (TPSA) is 64.4 Å². The Balaban J connectivity index is 1.52. The van der Waals surface area contributed by atoms with E-state index in [0.717, 1.165) is 25.7 Å². The number of nitrogens with two attached hydrogens (primary N) is 1. The molecule has 110 valence electrons. The fourth-order valence-corrected chi connectivity index (χ4v) is 2.60. The monoisotopic (exact) mass is 276 g/mol. The van der Waals surface area contributed by atoms with Gasteiger partial charge in [0.05, 0.1) is 12.5 Å². The smallest absolute Gasteiger partial charge is 0.224 e. The van der Waals surface area contributed by atoms with Crippen LogP contribution in [0.15, 0.2) is 30.3 Å². The highest BCUT2D eigenvalue weighted by molar-refractivity contribution is 5.79. The fraction of sp³-hybridized carbons (Fsp3) is 0.562. The van der Waals surface area contributed by atoms with E-state index in [0.29, 0.717) is 19.8 Å². The van der Waals surface area contributed by atoms with Crippen LogP contribution in [0.5, 0.6) is 0 Å². The SMILES string of the molecule is NC1CCCC1C(=O)NCCCOCc1ccccc1. The number of hydrogen-bond acceptors (Lipinski definition) is 3. The van der Waals surface area contributed by atoms with E-state index in [1.165, 1.54) is 5.56 Å². The minimum absolute atomic E-state index is 0.0141. The van der Waals surface area contributed by atoms with Crippen molar-refractivity contribution in [1.82, 2.24) is 5.32 Å². The molecule has 2 unspecified atom stereocenters. The summed E-state index contributed by atoms with van der Waals surface area (Å²) >= 11 is 0. The van der Waals surface area contributed by atoms with Gasteiger partial charge in [0.15, 0.2) is 0 Å². The van der Waals surface area contributed by atoms with Gasteiger partial charge in [-0.1, -0.05) is 36.8 Å². The molecular weight excluding hydrogens is 252 g/mol. The number of hydrogen-bond donors (Lipinski definition) is 2. The van der Waals surface area contributed by atoms with Crippen molar-refractivity contribution in [3.8, 4) is 0 Å². The standard InChI is InChI=1S/C16H24N2O2/c17-15-9-4-8-14(15)16(19)18-10-5-11-20-12-13-6-2-1-3-7-13/h1-3,6-7,14-15H,4-5,8-12,17H2,(H,18,19). The van der Waals surface area contributed by atoms with Crippen LogP contribution >= 0.6 is 0 Å². The minimum atomic E-state index is 0.0141. The average molecular weight is 276 g/mol. The van der Waals surface area contributed by atoms with Crippen LogP contribution in [-0.4, -0.2) is 25.1 Å². The lowest BCUT2D eigenvalue weighted by Crippen LogP contribution is -2.39. The Kier molecular flexibility index (Phi) is 6.02. The van der Waals surface area contributed by atoms with E-state index in [2.05, 4.69) is 5.32 Å². The molecule has 1 aliphatic rings. The predicted octanol–water partition coefficient (Wildman–Crippen LogP) is 1.84. The molecule has 0 bridgehead atoms. The van der Waals surface area contributed by atoms with Crippen LogP contribution in [0.2, 0.25) is 0 Å². The van der Waals surface area contributed by atoms with Crippen LogP contribution in [0, 0.1) is 5.92 Å². The third-order valence-corrected chi connectivity index (χ3v) is 3.78. The molecule has 1 aliphatic carbocycles. The summed E-state index contributed by atoms with van der Waals surface area (Å²) < 4.78 is 5.57. The second-order valence-corrected chi connectivity index (χ2v) is 5.38. The molecule has 0 saturated heterocycles. The molecule has 2 rings (SSSR count). The van der Waals surface area contributed by atoms with Gasteiger partial charge in [0.2, 0.25) is 5.91 Å². The molecule has 4 heteroatoms. The molecule has 0 aliphatic heterocycles. The van der Waals surface area contributed by atoms with Crippen molar-refractivity contribution in [2.75, 3.05) is 13.2 Å². The van der Waals surface area contributed by atoms with Crippen LogP contribution in [0.1, 0.15) is 31.2 Å². The van der Waals surface area contributed by atoms with E-state index in [-0.39, 0.29) is 17.9 Å². The molecule has 0 aromatic heterocycles. The lowest BCUT2D eigenvalue weighted by atomic mass is 10.0. The van der Waals surface area contributed by atoms with Gasteiger partial charge in [-0.25, -0.2) is 0 Å². The van der Waals surface area contributed by atoms with Crippen LogP contribution in [0.3, 0.4) is 0 Å². The highest BCUT2D eigenvalue weighted by Gasteiger charge is 2.29. The fourth-order valence-electron chi connectivity index (χ4n) is 2.60. The molecule has 4 nitrogen and oxygen atoms in total. The number of carbonyl (C=O) groups excluding carboxylic acids is 1. The zero-order chi connectivity index (χ0) is 14.2. The molecule has 1 aromatic carbocycles. The van der Waals surface area contributed by atoms with Crippen LogP contribution in [0.25, 0.3) is 0 Å². The Hall–Kier alpha value is -1.39. The van der Waals surface area contributed by atoms with Crippen molar-refractivity contribution in [1.29, 1.82) is 0 Å². The lowest BCUT2D eigenvalue weighted by Gasteiger charge is -2.15. The van der Waals surface area contributed by atoms with Gasteiger partial charge in [0.1, 0.15) is 0 Å². The normalized spacial score (nSPS) is 21.9. The van der Waals surface area contributed by atoms with E-state index in [9.17, 15) is 4.79 Å². The highest BCUT2D eigenvalue weighted by Crippen LogP contribution is 2.23. The summed E-state index contributed by atoms with van der Waals surface area (Å²) in [6.45, 7) is 1.95. The number of rotatable bonds is 7. The van der Waals surface area contributed by atoms with Crippen molar-refractivity contribution >= 4 is 5.91 Å². The van der Waals surface area contributed by atoms with Crippen LogP contribution in [-0.2, 0) is 16.1 Å². The molecule has 0 heterocycles. The first kappa shape index (κ1) is 15.0. The Morgan fingerprint density at radius 2 is 2.10 bits per heavy atom. The molecule has 3 N–H and O–H groups in total. The van der Waals surface area contributed by atoms with Gasteiger partial charge in [-0.2, -0.15) is 0 Å². The maximum atomic E-state index is 11.9. The van der Waals surface area contributed by atoms with E-state index in [1.807, 2.05) is 30.3 Å². The van der Waals surface area contributed by atoms with E-state index in [4.69, 9.17) is 10.5 Å². The van der Waals surface area contributed by atoms with E-state index < -0.39 is 0 Å². The number of benzene rings is 1. The van der Waals surface area contributed by atoms with Gasteiger partial charge >= 0.3 is 0 Å². The summed E-state index contributed by atoms with van der Waals surface area (Å²) in [7, 11) is 0. The van der Waals surface area contributed by atoms with Gasteiger partial charge < -0.3 is 15.8 Å². The zero-order valence-electron chi connectivity index (χ0n) is 11.9. The Bertz CT molecular complexity index is 408. The number of carbonyl (C=O) groups is 1.